The van der Waals surface area contributed by atoms with E-state index in [-0.39, 0.29) is 6.10 Å². The molecule has 108 valence electrons. The summed E-state index contributed by atoms with van der Waals surface area (Å²) in [7, 11) is 2.16. The number of rotatable bonds is 9. The minimum atomic E-state index is -0.217. The van der Waals surface area contributed by atoms with Crippen LogP contribution >= 0.6 is 0 Å². The average Bonchev–Trinajstić information content (AvgIpc) is 2.80. The lowest BCUT2D eigenvalue weighted by Crippen LogP contribution is -2.38. The number of likely N-dealkylation sites (tertiary alicyclic amines) is 1. The highest BCUT2D eigenvalue weighted by atomic mass is 16.3. The zero-order chi connectivity index (χ0) is 13.4. The Morgan fingerprint density at radius 1 is 1.28 bits per heavy atom. The SMILES string of the molecule is CC(C)N(C)CCCNCC(O)CN1CCCC1. The van der Waals surface area contributed by atoms with E-state index in [1.807, 2.05) is 0 Å². The predicted molar refractivity (Wildman–Crippen MR) is 76.9 cm³/mol. The van der Waals surface area contributed by atoms with Crippen LogP contribution < -0.4 is 5.32 Å². The fraction of sp³-hybridized carbons (Fsp3) is 1.00. The smallest absolute Gasteiger partial charge is 0.0791 e. The van der Waals surface area contributed by atoms with Crippen molar-refractivity contribution in [1.29, 1.82) is 0 Å². The van der Waals surface area contributed by atoms with Crippen molar-refractivity contribution in [2.45, 2.75) is 45.3 Å². The van der Waals surface area contributed by atoms with Gasteiger partial charge in [0, 0.05) is 19.1 Å². The first-order valence-corrected chi connectivity index (χ1v) is 7.41. The van der Waals surface area contributed by atoms with Crippen LogP contribution in [0.25, 0.3) is 0 Å². The number of aliphatic hydroxyl groups is 1. The van der Waals surface area contributed by atoms with Crippen molar-refractivity contribution >= 4 is 0 Å². The van der Waals surface area contributed by atoms with Gasteiger partial charge in [-0.1, -0.05) is 0 Å². The zero-order valence-electron chi connectivity index (χ0n) is 12.4. The summed E-state index contributed by atoms with van der Waals surface area (Å²) in [5.74, 6) is 0. The van der Waals surface area contributed by atoms with E-state index in [1.54, 1.807) is 0 Å². The van der Waals surface area contributed by atoms with Crippen LogP contribution in [0.2, 0.25) is 0 Å². The van der Waals surface area contributed by atoms with Gasteiger partial charge in [0.2, 0.25) is 0 Å². The van der Waals surface area contributed by atoms with Gasteiger partial charge in [-0.3, -0.25) is 0 Å². The Balaban J connectivity index is 1.93. The minimum Gasteiger partial charge on any atom is -0.390 e. The number of nitrogens with one attached hydrogen (secondary N) is 1. The molecular weight excluding hydrogens is 226 g/mol. The molecule has 0 aromatic heterocycles. The number of aliphatic hydroxyl groups excluding tert-OH is 1. The Bertz CT molecular complexity index is 205. The Labute approximate surface area is 112 Å². The third kappa shape index (κ3) is 6.69. The van der Waals surface area contributed by atoms with Gasteiger partial charge >= 0.3 is 0 Å². The van der Waals surface area contributed by atoms with E-state index in [2.05, 4.69) is 36.0 Å². The molecule has 1 saturated heterocycles. The van der Waals surface area contributed by atoms with Crippen molar-refractivity contribution in [3.8, 4) is 0 Å². The molecule has 0 amide bonds. The summed E-state index contributed by atoms with van der Waals surface area (Å²) < 4.78 is 0. The molecule has 2 N–H and O–H groups in total. The number of β-amino-alcohol motifs (C(OH)–C–C–N with tert-alkyl or cyclic N) is 1. The van der Waals surface area contributed by atoms with Gasteiger partial charge in [0.05, 0.1) is 6.10 Å². The van der Waals surface area contributed by atoms with E-state index in [0.29, 0.717) is 6.04 Å². The molecule has 0 aromatic rings. The van der Waals surface area contributed by atoms with Crippen molar-refractivity contribution < 1.29 is 5.11 Å². The molecule has 4 heteroatoms. The fourth-order valence-corrected chi connectivity index (χ4v) is 2.31. The number of hydrogen-bond acceptors (Lipinski definition) is 4. The van der Waals surface area contributed by atoms with Crippen LogP contribution in [0, 0.1) is 0 Å². The molecule has 1 unspecified atom stereocenters. The second-order valence-electron chi connectivity index (χ2n) is 5.79. The molecule has 1 atom stereocenters. The maximum atomic E-state index is 9.89. The second-order valence-corrected chi connectivity index (χ2v) is 5.79. The normalized spacial score (nSPS) is 19.0. The standard InChI is InChI=1S/C14H31N3O/c1-13(2)16(3)8-6-7-15-11-14(18)12-17-9-4-5-10-17/h13-15,18H,4-12H2,1-3H3. The molecule has 0 aromatic carbocycles. The third-order valence-electron chi connectivity index (χ3n) is 3.79. The van der Waals surface area contributed by atoms with E-state index in [1.165, 1.54) is 12.8 Å². The highest BCUT2D eigenvalue weighted by Crippen LogP contribution is 2.07. The summed E-state index contributed by atoms with van der Waals surface area (Å²) in [6, 6.07) is 0.616. The Kier molecular flexibility index (Phi) is 7.82. The van der Waals surface area contributed by atoms with E-state index < -0.39 is 0 Å². The Hall–Kier alpha value is -0.160. The van der Waals surface area contributed by atoms with Gasteiger partial charge in [0.25, 0.3) is 0 Å². The molecule has 1 aliphatic heterocycles. The molecular formula is C14H31N3O. The summed E-state index contributed by atoms with van der Waals surface area (Å²) in [5.41, 5.74) is 0. The van der Waals surface area contributed by atoms with Gasteiger partial charge in [0.1, 0.15) is 0 Å². The highest BCUT2D eigenvalue weighted by Gasteiger charge is 2.15. The van der Waals surface area contributed by atoms with Crippen LogP contribution in [0.3, 0.4) is 0 Å². The lowest BCUT2D eigenvalue weighted by Gasteiger charge is -2.22. The summed E-state index contributed by atoms with van der Waals surface area (Å²) >= 11 is 0. The highest BCUT2D eigenvalue weighted by molar-refractivity contribution is 4.71. The van der Waals surface area contributed by atoms with Crippen LogP contribution in [0.1, 0.15) is 33.1 Å². The largest absolute Gasteiger partial charge is 0.390 e. The number of nitrogens with zero attached hydrogens (tertiary/aromatic N) is 2. The van der Waals surface area contributed by atoms with Gasteiger partial charge in [-0.05, 0) is 66.3 Å². The first-order valence-electron chi connectivity index (χ1n) is 7.41. The van der Waals surface area contributed by atoms with Gasteiger partial charge in [-0.2, -0.15) is 0 Å². The Morgan fingerprint density at radius 3 is 2.56 bits per heavy atom. The molecule has 4 nitrogen and oxygen atoms in total. The van der Waals surface area contributed by atoms with Crippen LogP contribution in [-0.4, -0.2) is 73.4 Å². The number of hydrogen-bond donors (Lipinski definition) is 2. The maximum absolute atomic E-state index is 9.89. The fourth-order valence-electron chi connectivity index (χ4n) is 2.31. The van der Waals surface area contributed by atoms with Crippen molar-refractivity contribution in [3.05, 3.63) is 0 Å². The van der Waals surface area contributed by atoms with Gasteiger partial charge < -0.3 is 20.2 Å². The quantitative estimate of drug-likeness (QED) is 0.598. The molecule has 1 aliphatic rings. The maximum Gasteiger partial charge on any atom is 0.0791 e. The predicted octanol–water partition coefficient (Wildman–Crippen LogP) is 0.763. The zero-order valence-corrected chi connectivity index (χ0v) is 12.4. The molecule has 0 spiro atoms. The molecule has 0 radical (unpaired) electrons. The van der Waals surface area contributed by atoms with Crippen molar-refractivity contribution in [2.75, 3.05) is 46.3 Å². The molecule has 1 fully saturated rings. The Morgan fingerprint density at radius 2 is 1.94 bits per heavy atom. The van der Waals surface area contributed by atoms with Crippen LogP contribution in [0.5, 0.6) is 0 Å². The van der Waals surface area contributed by atoms with Gasteiger partial charge in [-0.25, -0.2) is 0 Å². The summed E-state index contributed by atoms with van der Waals surface area (Å²) in [5, 5.41) is 13.2. The second kappa shape index (κ2) is 8.86. The van der Waals surface area contributed by atoms with E-state index in [4.69, 9.17) is 0 Å². The lowest BCUT2D eigenvalue weighted by atomic mass is 10.3. The summed E-state index contributed by atoms with van der Waals surface area (Å²) in [4.78, 5) is 4.71. The molecule has 1 rings (SSSR count). The van der Waals surface area contributed by atoms with Crippen molar-refractivity contribution in [2.24, 2.45) is 0 Å². The topological polar surface area (TPSA) is 38.7 Å². The monoisotopic (exact) mass is 257 g/mol. The minimum absolute atomic E-state index is 0.217. The molecule has 0 bridgehead atoms. The van der Waals surface area contributed by atoms with E-state index >= 15 is 0 Å². The molecule has 0 saturated carbocycles. The first-order chi connectivity index (χ1) is 8.59. The van der Waals surface area contributed by atoms with Crippen molar-refractivity contribution in [3.63, 3.8) is 0 Å². The molecule has 0 aliphatic carbocycles. The molecule has 1 heterocycles. The third-order valence-corrected chi connectivity index (χ3v) is 3.79. The van der Waals surface area contributed by atoms with Crippen molar-refractivity contribution in [1.82, 2.24) is 15.1 Å². The first kappa shape index (κ1) is 15.9. The van der Waals surface area contributed by atoms with Gasteiger partial charge in [-0.15, -0.1) is 0 Å². The van der Waals surface area contributed by atoms with Gasteiger partial charge in [0.15, 0.2) is 0 Å². The van der Waals surface area contributed by atoms with Crippen LogP contribution in [0.4, 0.5) is 0 Å². The molecule has 18 heavy (non-hydrogen) atoms. The summed E-state index contributed by atoms with van der Waals surface area (Å²) in [6.07, 6.45) is 3.51. The average molecular weight is 257 g/mol. The van der Waals surface area contributed by atoms with Crippen LogP contribution in [-0.2, 0) is 0 Å². The van der Waals surface area contributed by atoms with Crippen LogP contribution in [0.15, 0.2) is 0 Å². The van der Waals surface area contributed by atoms with E-state index in [0.717, 1.165) is 45.7 Å². The summed E-state index contributed by atoms with van der Waals surface area (Å²) in [6.45, 7) is 10.4. The lowest BCUT2D eigenvalue weighted by molar-refractivity contribution is 0.123. The van der Waals surface area contributed by atoms with E-state index in [9.17, 15) is 5.11 Å².